The van der Waals surface area contributed by atoms with Gasteiger partial charge in [0.15, 0.2) is 0 Å². The number of sulfonamides is 1. The first-order valence-corrected chi connectivity index (χ1v) is 11.4. The van der Waals surface area contributed by atoms with Gasteiger partial charge in [0.2, 0.25) is 10.0 Å². The minimum atomic E-state index is -3.97. The fraction of sp³-hybridized carbons (Fsp3) is 0.381. The van der Waals surface area contributed by atoms with E-state index < -0.39 is 22.0 Å². The number of ether oxygens (including phenoxy) is 2. The summed E-state index contributed by atoms with van der Waals surface area (Å²) < 4.78 is 52.0. The molecule has 2 aliphatic heterocycles. The Morgan fingerprint density at radius 1 is 1.00 bits per heavy atom. The van der Waals surface area contributed by atoms with Gasteiger partial charge in [0.1, 0.15) is 17.7 Å². The second-order valence-corrected chi connectivity index (χ2v) is 9.18. The molecule has 0 saturated carbocycles. The summed E-state index contributed by atoms with van der Waals surface area (Å²) in [5.74, 6) is 0.108. The van der Waals surface area contributed by atoms with E-state index in [1.165, 1.54) is 16.4 Å². The van der Waals surface area contributed by atoms with E-state index in [0.29, 0.717) is 37.6 Å². The molecule has 2 aliphatic rings. The Balaban J connectivity index is 1.71. The molecular formula is C21H24FN3O5S. The number of hydrogen-bond acceptors (Lipinski definition) is 5. The van der Waals surface area contributed by atoms with E-state index in [0.717, 1.165) is 12.1 Å². The van der Waals surface area contributed by atoms with Gasteiger partial charge in [-0.05, 0) is 42.0 Å². The van der Waals surface area contributed by atoms with Crippen LogP contribution in [-0.2, 0) is 14.8 Å². The molecular weight excluding hydrogens is 425 g/mol. The van der Waals surface area contributed by atoms with Crippen LogP contribution in [0.4, 0.5) is 9.18 Å². The highest BCUT2D eigenvalue weighted by atomic mass is 32.2. The number of carbonyl (C=O) groups is 1. The van der Waals surface area contributed by atoms with Gasteiger partial charge in [-0.1, -0.05) is 12.1 Å². The molecule has 1 unspecified atom stereocenters. The third-order valence-corrected chi connectivity index (χ3v) is 7.36. The van der Waals surface area contributed by atoms with E-state index in [4.69, 9.17) is 9.47 Å². The van der Waals surface area contributed by atoms with Gasteiger partial charge in [0, 0.05) is 26.2 Å². The molecule has 8 nitrogen and oxygen atoms in total. The standard InChI is InChI=1S/C21H24FN3O5S/c1-29-18-6-2-16(3-7-18)20-24(21(26)23-12-14-30-15-13-23)10-11-25(20)31(27,28)19-8-4-17(22)5-9-19/h2-9,20H,10-15H2,1H3. The number of hydrogen-bond donors (Lipinski definition) is 0. The average molecular weight is 450 g/mol. The van der Waals surface area contributed by atoms with Crippen molar-refractivity contribution in [1.29, 1.82) is 0 Å². The number of halogens is 1. The molecule has 2 aromatic rings. The van der Waals surface area contributed by atoms with Crippen LogP contribution < -0.4 is 4.74 Å². The van der Waals surface area contributed by atoms with E-state index in [-0.39, 0.29) is 24.0 Å². The normalized spacial score (nSPS) is 20.1. The van der Waals surface area contributed by atoms with Gasteiger partial charge in [-0.2, -0.15) is 4.31 Å². The lowest BCUT2D eigenvalue weighted by molar-refractivity contribution is 0.0400. The van der Waals surface area contributed by atoms with Crippen LogP contribution in [0.1, 0.15) is 11.7 Å². The predicted octanol–water partition coefficient (Wildman–Crippen LogP) is 2.29. The number of rotatable bonds is 4. The molecule has 2 saturated heterocycles. The van der Waals surface area contributed by atoms with Crippen LogP contribution in [0.25, 0.3) is 0 Å². The lowest BCUT2D eigenvalue weighted by Gasteiger charge is -2.35. The van der Waals surface area contributed by atoms with Crippen LogP contribution >= 0.6 is 0 Å². The monoisotopic (exact) mass is 449 g/mol. The number of nitrogens with zero attached hydrogens (tertiary/aromatic N) is 3. The number of morpholine rings is 1. The molecule has 4 rings (SSSR count). The van der Waals surface area contributed by atoms with E-state index in [1.807, 2.05) is 0 Å². The third kappa shape index (κ3) is 4.23. The molecule has 31 heavy (non-hydrogen) atoms. The molecule has 2 aromatic carbocycles. The van der Waals surface area contributed by atoms with Crippen molar-refractivity contribution in [1.82, 2.24) is 14.1 Å². The molecule has 2 heterocycles. The Hall–Kier alpha value is -2.69. The van der Waals surface area contributed by atoms with Gasteiger partial charge in [-0.3, -0.25) is 0 Å². The maximum atomic E-state index is 13.4. The van der Waals surface area contributed by atoms with Crippen LogP contribution in [-0.4, -0.2) is 75.1 Å². The number of methoxy groups -OCH3 is 1. The highest BCUT2D eigenvalue weighted by Gasteiger charge is 2.44. The van der Waals surface area contributed by atoms with E-state index in [2.05, 4.69) is 0 Å². The fourth-order valence-electron chi connectivity index (χ4n) is 3.86. The van der Waals surface area contributed by atoms with Gasteiger partial charge >= 0.3 is 6.03 Å². The third-order valence-electron chi connectivity index (χ3n) is 5.49. The van der Waals surface area contributed by atoms with Gasteiger partial charge < -0.3 is 19.3 Å². The summed E-state index contributed by atoms with van der Waals surface area (Å²) in [4.78, 5) is 16.5. The van der Waals surface area contributed by atoms with Crippen molar-refractivity contribution < 1.29 is 27.1 Å². The summed E-state index contributed by atoms with van der Waals surface area (Å²) in [7, 11) is -2.42. The largest absolute Gasteiger partial charge is 0.497 e. The quantitative estimate of drug-likeness (QED) is 0.716. The van der Waals surface area contributed by atoms with Crippen LogP contribution in [0.2, 0.25) is 0 Å². The zero-order valence-electron chi connectivity index (χ0n) is 17.1. The fourth-order valence-corrected chi connectivity index (χ4v) is 5.43. The Morgan fingerprint density at radius 3 is 2.26 bits per heavy atom. The molecule has 0 N–H and O–H groups in total. The van der Waals surface area contributed by atoms with E-state index in [1.54, 1.807) is 41.2 Å². The van der Waals surface area contributed by atoms with Crippen LogP contribution in [0.15, 0.2) is 53.4 Å². The van der Waals surface area contributed by atoms with E-state index in [9.17, 15) is 17.6 Å². The highest BCUT2D eigenvalue weighted by Crippen LogP contribution is 2.36. The maximum Gasteiger partial charge on any atom is 0.321 e. The van der Waals surface area contributed by atoms with Crippen molar-refractivity contribution in [2.45, 2.75) is 11.1 Å². The van der Waals surface area contributed by atoms with Crippen LogP contribution in [0, 0.1) is 5.82 Å². The zero-order valence-corrected chi connectivity index (χ0v) is 17.9. The molecule has 0 bridgehead atoms. The van der Waals surface area contributed by atoms with Gasteiger partial charge in [0.05, 0.1) is 25.2 Å². The minimum Gasteiger partial charge on any atom is -0.497 e. The predicted molar refractivity (Wildman–Crippen MR) is 111 cm³/mol. The topological polar surface area (TPSA) is 79.4 Å². The second kappa shape index (κ2) is 8.81. The maximum absolute atomic E-state index is 13.4. The molecule has 166 valence electrons. The van der Waals surface area contributed by atoms with Crippen LogP contribution in [0.5, 0.6) is 5.75 Å². The molecule has 2 amide bonds. The second-order valence-electron chi connectivity index (χ2n) is 7.29. The molecule has 0 radical (unpaired) electrons. The molecule has 0 aromatic heterocycles. The van der Waals surface area contributed by atoms with Crippen molar-refractivity contribution in [3.8, 4) is 5.75 Å². The first kappa shape index (κ1) is 21.5. The summed E-state index contributed by atoms with van der Waals surface area (Å²) in [6.07, 6.45) is -0.823. The molecule has 0 aliphatic carbocycles. The first-order valence-electron chi connectivity index (χ1n) is 9.96. The van der Waals surface area contributed by atoms with Gasteiger partial charge in [-0.15, -0.1) is 0 Å². The Morgan fingerprint density at radius 2 is 1.65 bits per heavy atom. The van der Waals surface area contributed by atoms with Crippen molar-refractivity contribution in [2.75, 3.05) is 46.5 Å². The summed E-state index contributed by atoms with van der Waals surface area (Å²) >= 11 is 0. The number of carbonyl (C=O) groups excluding carboxylic acids is 1. The zero-order chi connectivity index (χ0) is 22.0. The van der Waals surface area contributed by atoms with E-state index >= 15 is 0 Å². The SMILES string of the molecule is COc1ccc(C2N(C(=O)N3CCOCC3)CCN2S(=O)(=O)c2ccc(F)cc2)cc1. The van der Waals surface area contributed by atoms with Crippen molar-refractivity contribution >= 4 is 16.1 Å². The number of amides is 2. The highest BCUT2D eigenvalue weighted by molar-refractivity contribution is 7.89. The molecule has 1 atom stereocenters. The van der Waals surface area contributed by atoms with Crippen LogP contribution in [0.3, 0.4) is 0 Å². The summed E-state index contributed by atoms with van der Waals surface area (Å²) in [5, 5.41) is 0. The summed E-state index contributed by atoms with van der Waals surface area (Å²) in [6, 6.07) is 11.4. The number of benzene rings is 2. The Bertz CT molecular complexity index is 1020. The smallest absolute Gasteiger partial charge is 0.321 e. The first-order chi connectivity index (χ1) is 14.9. The lowest BCUT2D eigenvalue weighted by atomic mass is 10.1. The number of urea groups is 1. The van der Waals surface area contributed by atoms with Crippen molar-refractivity contribution in [3.63, 3.8) is 0 Å². The molecule has 2 fully saturated rings. The van der Waals surface area contributed by atoms with Crippen molar-refractivity contribution in [2.24, 2.45) is 0 Å². The Labute approximate surface area is 180 Å². The lowest BCUT2D eigenvalue weighted by Crippen LogP contribution is -2.49. The van der Waals surface area contributed by atoms with Gasteiger partial charge in [0.25, 0.3) is 0 Å². The van der Waals surface area contributed by atoms with Crippen molar-refractivity contribution in [3.05, 3.63) is 59.9 Å². The minimum absolute atomic E-state index is 0.0203. The Kier molecular flexibility index (Phi) is 6.12. The molecule has 0 spiro atoms. The molecule has 10 heteroatoms. The summed E-state index contributed by atoms with van der Waals surface area (Å²) in [5.41, 5.74) is 0.644. The average Bonchev–Trinajstić information content (AvgIpc) is 3.25. The summed E-state index contributed by atoms with van der Waals surface area (Å²) in [6.45, 7) is 2.18. The van der Waals surface area contributed by atoms with Gasteiger partial charge in [-0.25, -0.2) is 17.6 Å².